The molecule has 0 bridgehead atoms. The number of halogens is 2. The first-order valence-electron chi connectivity index (χ1n) is 12.9. The van der Waals surface area contributed by atoms with E-state index in [9.17, 15) is 9.59 Å². The maximum absolute atomic E-state index is 13.5. The lowest BCUT2D eigenvalue weighted by atomic mass is 10.2. The van der Waals surface area contributed by atoms with Crippen molar-refractivity contribution in [2.24, 2.45) is 5.10 Å². The summed E-state index contributed by atoms with van der Waals surface area (Å²) in [6.07, 6.45) is 1.58. The molecule has 42 heavy (non-hydrogen) atoms. The molecule has 0 aliphatic heterocycles. The van der Waals surface area contributed by atoms with Gasteiger partial charge < -0.3 is 14.5 Å². The number of aromatic nitrogens is 2. The van der Waals surface area contributed by atoms with Gasteiger partial charge in [0.25, 0.3) is 11.5 Å². The van der Waals surface area contributed by atoms with Gasteiger partial charge >= 0.3 is 0 Å². The first-order chi connectivity index (χ1) is 20.3. The van der Waals surface area contributed by atoms with E-state index in [1.54, 1.807) is 36.5 Å². The third kappa shape index (κ3) is 6.00. The Morgan fingerprint density at radius 3 is 2.69 bits per heavy atom. The standard InChI is InChI=1S/C32H22BrIN4O4/c1-19-6-10-23(11-7-19)36-30(39)18-41-28-12-8-20(14-25(28)34)17-35-38-31(37-26-5-3-2-4-24(26)32(38)40)29-16-21-15-22(33)9-13-27(21)42-29/h2-17H,18H2,1H3,(H,36,39). The topological polar surface area (TPSA) is 98.7 Å². The predicted octanol–water partition coefficient (Wildman–Crippen LogP) is 7.38. The Morgan fingerprint density at radius 1 is 1.07 bits per heavy atom. The van der Waals surface area contributed by atoms with Crippen molar-refractivity contribution < 1.29 is 13.9 Å². The number of nitrogens with one attached hydrogen (secondary N) is 1. The molecule has 0 saturated heterocycles. The minimum atomic E-state index is -0.317. The third-order valence-electron chi connectivity index (χ3n) is 6.42. The van der Waals surface area contributed by atoms with Crippen LogP contribution < -0.4 is 15.6 Å². The smallest absolute Gasteiger partial charge is 0.282 e. The summed E-state index contributed by atoms with van der Waals surface area (Å²) >= 11 is 5.63. The molecule has 0 saturated carbocycles. The van der Waals surface area contributed by atoms with Crippen molar-refractivity contribution >= 4 is 78.2 Å². The van der Waals surface area contributed by atoms with E-state index in [0.29, 0.717) is 33.7 Å². The van der Waals surface area contributed by atoms with Gasteiger partial charge in [-0.25, -0.2) is 4.98 Å². The number of hydrogen-bond donors (Lipinski definition) is 1. The van der Waals surface area contributed by atoms with Crippen LogP contribution in [0, 0.1) is 10.5 Å². The van der Waals surface area contributed by atoms with Gasteiger partial charge in [0.2, 0.25) is 5.82 Å². The second-order valence-corrected chi connectivity index (χ2v) is 11.6. The zero-order chi connectivity index (χ0) is 29.2. The number of fused-ring (bicyclic) bond motifs is 2. The summed E-state index contributed by atoms with van der Waals surface area (Å²) in [5.41, 5.74) is 3.46. The summed E-state index contributed by atoms with van der Waals surface area (Å²) in [6, 6.07) is 27.6. The molecule has 0 fully saturated rings. The van der Waals surface area contributed by atoms with E-state index in [4.69, 9.17) is 14.1 Å². The Hall–Kier alpha value is -4.29. The molecule has 6 rings (SSSR count). The molecule has 0 aliphatic carbocycles. The Balaban J connectivity index is 1.26. The average Bonchev–Trinajstić information content (AvgIpc) is 3.40. The number of benzene rings is 4. The number of anilines is 1. The third-order valence-corrected chi connectivity index (χ3v) is 7.76. The van der Waals surface area contributed by atoms with Crippen LogP contribution in [0.1, 0.15) is 11.1 Å². The van der Waals surface area contributed by atoms with Gasteiger partial charge in [0.15, 0.2) is 12.4 Å². The highest BCUT2D eigenvalue weighted by Gasteiger charge is 2.17. The van der Waals surface area contributed by atoms with Gasteiger partial charge in [0.05, 0.1) is 20.7 Å². The fourth-order valence-corrected chi connectivity index (χ4v) is 5.40. The molecule has 0 atom stereocenters. The van der Waals surface area contributed by atoms with Crippen LogP contribution in [0.5, 0.6) is 5.75 Å². The fraction of sp³-hybridized carbons (Fsp3) is 0.0625. The van der Waals surface area contributed by atoms with Crippen LogP contribution in [-0.2, 0) is 4.79 Å². The molecule has 2 heterocycles. The SMILES string of the molecule is Cc1ccc(NC(=O)COc2ccc(C=Nn3c(-c4cc5cc(Br)ccc5o4)nc4ccccc4c3=O)cc2I)cc1. The van der Waals surface area contributed by atoms with Crippen LogP contribution in [0.25, 0.3) is 33.5 Å². The van der Waals surface area contributed by atoms with Gasteiger partial charge in [-0.05, 0) is 102 Å². The average molecular weight is 733 g/mol. The maximum atomic E-state index is 13.5. The fourth-order valence-electron chi connectivity index (χ4n) is 4.33. The van der Waals surface area contributed by atoms with Crippen molar-refractivity contribution in [1.82, 2.24) is 9.66 Å². The summed E-state index contributed by atoms with van der Waals surface area (Å²) < 4.78 is 14.8. The molecule has 10 heteroatoms. The predicted molar refractivity (Wildman–Crippen MR) is 176 cm³/mol. The largest absolute Gasteiger partial charge is 0.483 e. The van der Waals surface area contributed by atoms with E-state index in [0.717, 1.165) is 24.6 Å². The monoisotopic (exact) mass is 732 g/mol. The maximum Gasteiger partial charge on any atom is 0.282 e. The van der Waals surface area contributed by atoms with Gasteiger partial charge in [0.1, 0.15) is 11.3 Å². The van der Waals surface area contributed by atoms with Crippen LogP contribution in [0.4, 0.5) is 5.69 Å². The van der Waals surface area contributed by atoms with Crippen LogP contribution in [0.15, 0.2) is 110 Å². The number of hydrogen-bond acceptors (Lipinski definition) is 6. The minimum absolute atomic E-state index is 0.132. The molecular weight excluding hydrogens is 711 g/mol. The van der Waals surface area contributed by atoms with Gasteiger partial charge in [0, 0.05) is 15.5 Å². The molecule has 1 amide bonds. The van der Waals surface area contributed by atoms with Crippen LogP contribution in [0.2, 0.25) is 0 Å². The molecule has 0 unspecified atom stereocenters. The molecule has 0 spiro atoms. The molecule has 2 aromatic heterocycles. The molecule has 8 nitrogen and oxygen atoms in total. The first kappa shape index (κ1) is 27.9. The number of aryl methyl sites for hydroxylation is 1. The van der Waals surface area contributed by atoms with E-state index >= 15 is 0 Å². The van der Waals surface area contributed by atoms with Gasteiger partial charge in [-0.3, -0.25) is 9.59 Å². The van der Waals surface area contributed by atoms with Crippen molar-refractivity contribution in [2.75, 3.05) is 11.9 Å². The Kier molecular flexibility index (Phi) is 7.90. The summed E-state index contributed by atoms with van der Waals surface area (Å²) in [5, 5.41) is 8.66. The van der Waals surface area contributed by atoms with Crippen molar-refractivity contribution in [2.45, 2.75) is 6.92 Å². The Labute approximate surface area is 262 Å². The Morgan fingerprint density at radius 2 is 1.88 bits per heavy atom. The van der Waals surface area contributed by atoms with E-state index in [-0.39, 0.29) is 23.9 Å². The second-order valence-electron chi connectivity index (χ2n) is 9.50. The minimum Gasteiger partial charge on any atom is -0.483 e. The van der Waals surface area contributed by atoms with E-state index in [2.05, 4.69) is 48.9 Å². The number of para-hydroxylation sites is 1. The molecule has 0 aliphatic rings. The van der Waals surface area contributed by atoms with Crippen LogP contribution in [0.3, 0.4) is 0 Å². The Bertz CT molecular complexity index is 2050. The number of ether oxygens (including phenoxy) is 1. The summed E-state index contributed by atoms with van der Waals surface area (Å²) in [4.78, 5) is 30.6. The van der Waals surface area contributed by atoms with Gasteiger partial charge in [-0.2, -0.15) is 9.78 Å². The number of amides is 1. The summed E-state index contributed by atoms with van der Waals surface area (Å²) in [7, 11) is 0. The highest BCUT2D eigenvalue weighted by atomic mass is 127. The van der Waals surface area contributed by atoms with E-state index < -0.39 is 0 Å². The lowest BCUT2D eigenvalue weighted by molar-refractivity contribution is -0.118. The zero-order valence-electron chi connectivity index (χ0n) is 22.2. The normalized spacial score (nSPS) is 11.4. The quantitative estimate of drug-likeness (QED) is 0.136. The van der Waals surface area contributed by atoms with Crippen LogP contribution >= 0.6 is 38.5 Å². The van der Waals surface area contributed by atoms with E-state index in [1.165, 1.54) is 4.68 Å². The zero-order valence-corrected chi connectivity index (χ0v) is 25.9. The second kappa shape index (κ2) is 11.9. The number of rotatable bonds is 7. The summed E-state index contributed by atoms with van der Waals surface area (Å²) in [6.45, 7) is 1.86. The molecule has 4 aromatic carbocycles. The lowest BCUT2D eigenvalue weighted by Crippen LogP contribution is -2.20. The summed E-state index contributed by atoms with van der Waals surface area (Å²) in [5.74, 6) is 1.02. The molecule has 0 radical (unpaired) electrons. The van der Waals surface area contributed by atoms with Crippen LogP contribution in [-0.4, -0.2) is 28.4 Å². The van der Waals surface area contributed by atoms with Crippen molar-refractivity contribution in [1.29, 1.82) is 0 Å². The number of nitrogens with zero attached hydrogens (tertiary/aromatic N) is 3. The number of carbonyl (C=O) groups is 1. The first-order valence-corrected chi connectivity index (χ1v) is 14.8. The highest BCUT2D eigenvalue weighted by molar-refractivity contribution is 14.1. The highest BCUT2D eigenvalue weighted by Crippen LogP contribution is 2.29. The molecule has 6 aromatic rings. The molecule has 1 N–H and O–H groups in total. The van der Waals surface area contributed by atoms with Crippen molar-refractivity contribution in [3.05, 3.63) is 121 Å². The molecular formula is C32H22BrIN4O4. The number of carbonyl (C=O) groups excluding carboxylic acids is 1. The van der Waals surface area contributed by atoms with E-state index in [1.807, 2.05) is 67.6 Å². The van der Waals surface area contributed by atoms with Gasteiger partial charge in [-0.1, -0.05) is 45.8 Å². The van der Waals surface area contributed by atoms with Crippen molar-refractivity contribution in [3.63, 3.8) is 0 Å². The van der Waals surface area contributed by atoms with Gasteiger partial charge in [-0.15, -0.1) is 0 Å². The molecule has 208 valence electrons. The van der Waals surface area contributed by atoms with Crippen molar-refractivity contribution in [3.8, 4) is 17.3 Å². The lowest BCUT2D eigenvalue weighted by Gasteiger charge is -2.10. The number of furan rings is 1.